The summed E-state index contributed by atoms with van der Waals surface area (Å²) in [5.74, 6) is 1.83. The van der Waals surface area contributed by atoms with Gasteiger partial charge < -0.3 is 20.5 Å². The van der Waals surface area contributed by atoms with E-state index in [4.69, 9.17) is 15.2 Å². The Balaban J connectivity index is 1.82. The van der Waals surface area contributed by atoms with Crippen LogP contribution in [0.15, 0.2) is 54.0 Å². The van der Waals surface area contributed by atoms with Crippen LogP contribution in [-0.4, -0.2) is 16.6 Å². The average Bonchev–Trinajstić information content (AvgIpc) is 2.62. The van der Waals surface area contributed by atoms with Crippen molar-refractivity contribution < 1.29 is 14.3 Å². The molecule has 3 rings (SSSR count). The number of carbonyl (C=O) groups excluding carboxylic acids is 1. The Bertz CT molecular complexity index is 927. The zero-order chi connectivity index (χ0) is 21.2. The predicted molar refractivity (Wildman–Crippen MR) is 114 cm³/mol. The Morgan fingerprint density at radius 2 is 1.69 bits per heavy atom. The molecule has 154 valence electrons. The van der Waals surface area contributed by atoms with Gasteiger partial charge in [-0.15, -0.1) is 0 Å². The minimum absolute atomic E-state index is 0.352. The quantitative estimate of drug-likeness (QED) is 0.771. The van der Waals surface area contributed by atoms with Gasteiger partial charge in [0.15, 0.2) is 5.75 Å². The Morgan fingerprint density at radius 1 is 1.07 bits per heavy atom. The van der Waals surface area contributed by atoms with E-state index in [1.165, 1.54) is 5.56 Å². The smallest absolute Gasteiger partial charge is 0.410 e. The first-order valence-electron chi connectivity index (χ1n) is 9.68. The molecule has 2 aromatic carbocycles. The molecule has 2 aromatic rings. The van der Waals surface area contributed by atoms with Crippen LogP contribution in [0.3, 0.4) is 0 Å². The van der Waals surface area contributed by atoms with Crippen molar-refractivity contribution in [3.63, 3.8) is 0 Å². The lowest BCUT2D eigenvalue weighted by atomic mass is 10.1. The number of carbonyl (C=O) groups is 1. The van der Waals surface area contributed by atoms with Crippen LogP contribution in [0.4, 0.5) is 10.5 Å². The van der Waals surface area contributed by atoms with Gasteiger partial charge in [-0.1, -0.05) is 35.9 Å². The fourth-order valence-electron chi connectivity index (χ4n) is 2.96. The van der Waals surface area contributed by atoms with Crippen LogP contribution in [-0.2, 0) is 17.8 Å². The third-order valence-electron chi connectivity index (χ3n) is 4.47. The molecule has 0 aliphatic carbocycles. The summed E-state index contributed by atoms with van der Waals surface area (Å²) in [4.78, 5) is 14.6. The van der Waals surface area contributed by atoms with Crippen molar-refractivity contribution in [2.24, 2.45) is 5.73 Å². The average molecular weight is 396 g/mol. The van der Waals surface area contributed by atoms with Crippen molar-refractivity contribution in [1.29, 1.82) is 0 Å². The van der Waals surface area contributed by atoms with Crippen LogP contribution in [0.5, 0.6) is 5.75 Å². The van der Waals surface area contributed by atoms with Gasteiger partial charge in [-0.3, -0.25) is 4.90 Å². The molecule has 0 bridgehead atoms. The maximum absolute atomic E-state index is 12.9. The summed E-state index contributed by atoms with van der Waals surface area (Å²) in [7, 11) is 0. The van der Waals surface area contributed by atoms with Crippen molar-refractivity contribution in [3.8, 4) is 5.75 Å². The molecule has 29 heavy (non-hydrogen) atoms. The van der Waals surface area contributed by atoms with Crippen LogP contribution in [0.1, 0.15) is 44.4 Å². The lowest BCUT2D eigenvalue weighted by Crippen LogP contribution is -2.36. The second kappa shape index (κ2) is 8.07. The summed E-state index contributed by atoms with van der Waals surface area (Å²) in [5.41, 5.74) is 9.33. The molecule has 0 atom stereocenters. The maximum Gasteiger partial charge on any atom is 0.410 e. The topological polar surface area (TPSA) is 76.8 Å². The number of anilines is 1. The molecule has 0 radical (unpaired) electrons. The van der Waals surface area contributed by atoms with Gasteiger partial charge in [-0.05, 0) is 57.9 Å². The molecule has 1 aliphatic rings. The molecular formula is C23H29N3O3. The van der Waals surface area contributed by atoms with E-state index in [-0.39, 0.29) is 6.09 Å². The number of hydrogen-bond acceptors (Lipinski definition) is 5. The summed E-state index contributed by atoms with van der Waals surface area (Å²) in [5, 5.41) is 3.14. The molecule has 0 saturated carbocycles. The Kier molecular flexibility index (Phi) is 5.73. The Labute approximate surface area is 172 Å². The number of amides is 1. The molecule has 6 nitrogen and oxygen atoms in total. The number of hydrogen-bond donors (Lipinski definition) is 2. The highest BCUT2D eigenvalue weighted by Crippen LogP contribution is 2.32. The largest absolute Gasteiger partial charge is 0.456 e. The minimum atomic E-state index is -0.565. The lowest BCUT2D eigenvalue weighted by Gasteiger charge is -2.28. The summed E-state index contributed by atoms with van der Waals surface area (Å²) >= 11 is 0. The van der Waals surface area contributed by atoms with Crippen molar-refractivity contribution in [2.75, 3.05) is 5.32 Å². The molecular weight excluding hydrogens is 366 g/mol. The van der Waals surface area contributed by atoms with Crippen LogP contribution in [0.25, 0.3) is 0 Å². The number of allylic oxidation sites excluding steroid dienone is 1. The molecule has 1 aliphatic heterocycles. The summed E-state index contributed by atoms with van der Waals surface area (Å²) in [6.45, 7) is 10.3. The van der Waals surface area contributed by atoms with E-state index >= 15 is 0 Å². The Morgan fingerprint density at radius 3 is 2.34 bits per heavy atom. The molecule has 0 aromatic heterocycles. The zero-order valence-electron chi connectivity index (χ0n) is 17.7. The summed E-state index contributed by atoms with van der Waals surface area (Å²) in [6, 6.07) is 13.9. The molecule has 0 saturated heterocycles. The summed E-state index contributed by atoms with van der Waals surface area (Å²) in [6.07, 6.45) is -0.352. The van der Waals surface area contributed by atoms with Crippen LogP contribution >= 0.6 is 0 Å². The fourth-order valence-corrected chi connectivity index (χ4v) is 2.96. The zero-order valence-corrected chi connectivity index (χ0v) is 17.7. The minimum Gasteiger partial charge on any atom is -0.456 e. The number of nitrogens with one attached hydrogen (secondary N) is 1. The lowest BCUT2D eigenvalue weighted by molar-refractivity contribution is 0.0216. The molecule has 3 N–H and O–H groups in total. The van der Waals surface area contributed by atoms with Crippen molar-refractivity contribution in [3.05, 3.63) is 70.7 Å². The molecule has 1 heterocycles. The normalized spacial score (nSPS) is 13.3. The van der Waals surface area contributed by atoms with Gasteiger partial charge in [0.25, 0.3) is 0 Å². The number of rotatable bonds is 4. The van der Waals surface area contributed by atoms with Gasteiger partial charge in [0.05, 0.1) is 5.69 Å². The van der Waals surface area contributed by atoms with Crippen molar-refractivity contribution >= 4 is 11.8 Å². The van der Waals surface area contributed by atoms with E-state index < -0.39 is 5.60 Å². The number of benzene rings is 2. The third-order valence-corrected chi connectivity index (χ3v) is 4.47. The number of nitrogens with zero attached hydrogens (tertiary/aromatic N) is 1. The number of fused-ring (bicyclic) bond motifs is 1. The second-order valence-corrected chi connectivity index (χ2v) is 8.35. The van der Waals surface area contributed by atoms with Crippen molar-refractivity contribution in [2.45, 2.75) is 53.3 Å². The molecule has 0 spiro atoms. The monoisotopic (exact) mass is 395 g/mol. The number of ether oxygens (including phenoxy) is 2. The predicted octanol–water partition coefficient (Wildman–Crippen LogP) is 4.88. The fraction of sp³-hybridized carbons (Fsp3) is 0.348. The first kappa shape index (κ1) is 20.6. The maximum atomic E-state index is 12.9. The SMILES string of the molecule is CC1=C(N)Nc2cc(CN(Cc3ccc(C)cc3)C(=O)OC(C)(C)C)ccc2O1. The van der Waals surface area contributed by atoms with Gasteiger partial charge >= 0.3 is 6.09 Å². The highest BCUT2D eigenvalue weighted by atomic mass is 16.6. The molecule has 1 amide bonds. The van der Waals surface area contributed by atoms with Crippen LogP contribution in [0.2, 0.25) is 0 Å². The van der Waals surface area contributed by atoms with E-state index in [0.29, 0.717) is 30.4 Å². The number of nitrogens with two attached hydrogens (primary N) is 1. The molecule has 0 unspecified atom stereocenters. The third kappa shape index (κ3) is 5.44. The van der Waals surface area contributed by atoms with Crippen LogP contribution < -0.4 is 15.8 Å². The van der Waals surface area contributed by atoms with E-state index in [0.717, 1.165) is 16.8 Å². The van der Waals surface area contributed by atoms with E-state index in [1.54, 1.807) is 4.90 Å². The molecule has 0 fully saturated rings. The highest BCUT2D eigenvalue weighted by molar-refractivity contribution is 5.69. The van der Waals surface area contributed by atoms with E-state index in [9.17, 15) is 4.79 Å². The summed E-state index contributed by atoms with van der Waals surface area (Å²) < 4.78 is 11.3. The van der Waals surface area contributed by atoms with Gasteiger partial charge in [0.2, 0.25) is 0 Å². The van der Waals surface area contributed by atoms with Crippen LogP contribution in [0, 0.1) is 6.92 Å². The van der Waals surface area contributed by atoms with Gasteiger partial charge in [-0.25, -0.2) is 4.79 Å². The van der Waals surface area contributed by atoms with Gasteiger partial charge in [-0.2, -0.15) is 0 Å². The first-order chi connectivity index (χ1) is 13.6. The second-order valence-electron chi connectivity index (χ2n) is 8.35. The van der Waals surface area contributed by atoms with E-state index in [2.05, 4.69) is 5.32 Å². The number of aryl methyl sites for hydroxylation is 1. The Hall–Kier alpha value is -3.15. The standard InChI is InChI=1S/C23H29N3O3/c1-15-6-8-17(9-7-15)13-26(22(27)29-23(3,4)5)14-18-10-11-20-19(12-18)25-21(24)16(2)28-20/h6-12,25H,13-14,24H2,1-5H3. The van der Waals surface area contributed by atoms with Crippen molar-refractivity contribution in [1.82, 2.24) is 4.90 Å². The van der Waals surface area contributed by atoms with E-state index in [1.807, 2.05) is 77.1 Å². The first-order valence-corrected chi connectivity index (χ1v) is 9.68. The molecule has 6 heteroatoms. The van der Waals surface area contributed by atoms with Gasteiger partial charge in [0, 0.05) is 13.1 Å². The highest BCUT2D eigenvalue weighted by Gasteiger charge is 2.23. The van der Waals surface area contributed by atoms with Gasteiger partial charge in [0.1, 0.15) is 17.2 Å².